The van der Waals surface area contributed by atoms with Gasteiger partial charge in [0.1, 0.15) is 5.76 Å². The van der Waals surface area contributed by atoms with Crippen LogP contribution in [0, 0.1) is 0 Å². The fraction of sp³-hybridized carbons (Fsp3) is 0.800. The van der Waals surface area contributed by atoms with E-state index in [9.17, 15) is 13.2 Å². The van der Waals surface area contributed by atoms with Gasteiger partial charge in [0.2, 0.25) is 0 Å². The Morgan fingerprint density at radius 3 is 2.53 bits per heavy atom. The molecule has 168 valence electrons. The molecule has 3 fully saturated rings. The maximum absolute atomic E-state index is 13.2. The van der Waals surface area contributed by atoms with Crippen LogP contribution in [-0.2, 0) is 10.2 Å². The van der Waals surface area contributed by atoms with Crippen LogP contribution in [-0.4, -0.2) is 84.8 Å². The van der Waals surface area contributed by atoms with Crippen LogP contribution in [0.3, 0.4) is 0 Å². The third kappa shape index (κ3) is 4.56. The summed E-state index contributed by atoms with van der Waals surface area (Å²) in [4.78, 5) is 14.8. The highest BCUT2D eigenvalue weighted by Crippen LogP contribution is 2.40. The van der Waals surface area contributed by atoms with Crippen LogP contribution in [0.25, 0.3) is 0 Å². The van der Waals surface area contributed by atoms with Crippen molar-refractivity contribution in [2.24, 2.45) is 0 Å². The molecule has 0 bridgehead atoms. The molecule has 1 aromatic rings. The summed E-state index contributed by atoms with van der Waals surface area (Å²) in [5.41, 5.74) is 0.307. The van der Waals surface area contributed by atoms with Crippen LogP contribution in [0.1, 0.15) is 67.6 Å². The lowest BCUT2D eigenvalue weighted by Gasteiger charge is -2.41. The van der Waals surface area contributed by atoms with E-state index in [0.717, 1.165) is 44.5 Å². The zero-order valence-corrected chi connectivity index (χ0v) is 18.9. The van der Waals surface area contributed by atoms with Gasteiger partial charge in [-0.25, -0.2) is 0 Å². The second-order valence-corrected chi connectivity index (χ2v) is 11.0. The number of hydrogen-bond acceptors (Lipinski definition) is 6. The predicted octanol–water partition coefficient (Wildman–Crippen LogP) is 1.41. The Hall–Kier alpha value is -1.49. The molecule has 0 aromatic carbocycles. The highest BCUT2D eigenvalue weighted by atomic mass is 32.2. The van der Waals surface area contributed by atoms with Crippen LogP contribution in [0.4, 0.5) is 0 Å². The Labute approximate surface area is 178 Å². The number of nitrogens with one attached hydrogen (secondary N) is 1. The number of carbonyl (C=O) groups excluding carboxylic acids is 1. The van der Waals surface area contributed by atoms with Crippen LogP contribution in [0.2, 0.25) is 0 Å². The Morgan fingerprint density at radius 2 is 1.90 bits per heavy atom. The molecule has 1 N–H and O–H groups in total. The van der Waals surface area contributed by atoms with Gasteiger partial charge < -0.3 is 14.7 Å². The molecule has 1 saturated carbocycles. The Balaban J connectivity index is 1.33. The summed E-state index contributed by atoms with van der Waals surface area (Å²) in [6, 6.07) is 1.52. The minimum atomic E-state index is -3.52. The van der Waals surface area contributed by atoms with Gasteiger partial charge in [0.15, 0.2) is 5.69 Å². The van der Waals surface area contributed by atoms with Crippen molar-refractivity contribution < 1.29 is 17.7 Å². The number of carbonyl (C=O) groups is 1. The second-order valence-electron chi connectivity index (χ2n) is 9.10. The molecule has 2 saturated heterocycles. The Bertz CT molecular complexity index is 860. The lowest BCUT2D eigenvalue weighted by Crippen LogP contribution is -2.56. The molecule has 2 atom stereocenters. The summed E-state index contributed by atoms with van der Waals surface area (Å²) < 4.78 is 34.9. The first kappa shape index (κ1) is 21.7. The van der Waals surface area contributed by atoms with E-state index in [1.54, 1.807) is 21.7 Å². The molecule has 0 spiro atoms. The molecule has 1 aromatic heterocycles. The number of likely N-dealkylation sites (tertiary alicyclic amines) is 1. The molecular weight excluding hydrogens is 406 g/mol. The molecule has 1 amide bonds. The van der Waals surface area contributed by atoms with E-state index in [4.69, 9.17) is 4.52 Å². The third-order valence-corrected chi connectivity index (χ3v) is 8.91. The molecule has 10 heteroatoms. The summed E-state index contributed by atoms with van der Waals surface area (Å²) in [5.74, 6) is 0.947. The van der Waals surface area contributed by atoms with Crippen LogP contribution in [0.5, 0.6) is 0 Å². The van der Waals surface area contributed by atoms with Crippen molar-refractivity contribution in [3.63, 3.8) is 0 Å². The van der Waals surface area contributed by atoms with Gasteiger partial charge in [-0.15, -0.1) is 0 Å². The van der Waals surface area contributed by atoms with Crippen molar-refractivity contribution in [1.82, 2.24) is 24.0 Å². The lowest BCUT2D eigenvalue weighted by atomic mass is 10.0. The lowest BCUT2D eigenvalue weighted by molar-refractivity contribution is 0.0903. The quantitative estimate of drug-likeness (QED) is 0.720. The first-order valence-corrected chi connectivity index (χ1v) is 12.4. The average molecular weight is 440 g/mol. The molecule has 3 heterocycles. The van der Waals surface area contributed by atoms with Gasteiger partial charge in [-0.2, -0.15) is 17.0 Å². The Morgan fingerprint density at radius 1 is 1.20 bits per heavy atom. The molecule has 1 aliphatic carbocycles. The standard InChI is InChI=1S/C20H33N5O4S/c1-14-12-16(21-20(26)18-13-19(29-22-18)15-4-5-15)6-11-25(14)30(27,28)24(3)17-7-9-23(2)10-8-17/h13-17H,4-12H2,1-3H3,(H,21,26)/t14-,16-/m0/s1. The van der Waals surface area contributed by atoms with Crippen molar-refractivity contribution in [3.8, 4) is 0 Å². The van der Waals surface area contributed by atoms with Crippen molar-refractivity contribution in [2.45, 2.75) is 69.5 Å². The largest absolute Gasteiger partial charge is 0.360 e. The van der Waals surface area contributed by atoms with Crippen LogP contribution >= 0.6 is 0 Å². The molecule has 30 heavy (non-hydrogen) atoms. The van der Waals surface area contributed by atoms with Gasteiger partial charge in [-0.1, -0.05) is 5.16 Å². The average Bonchev–Trinajstić information content (AvgIpc) is 3.44. The van der Waals surface area contributed by atoms with E-state index in [0.29, 0.717) is 31.0 Å². The molecule has 9 nitrogen and oxygen atoms in total. The van der Waals surface area contributed by atoms with E-state index in [1.165, 1.54) is 0 Å². The molecule has 4 rings (SSSR count). The molecule has 0 radical (unpaired) electrons. The van der Waals surface area contributed by atoms with Gasteiger partial charge in [0, 0.05) is 43.7 Å². The monoisotopic (exact) mass is 439 g/mol. The smallest absolute Gasteiger partial charge is 0.282 e. The van der Waals surface area contributed by atoms with Crippen molar-refractivity contribution in [1.29, 1.82) is 0 Å². The van der Waals surface area contributed by atoms with Gasteiger partial charge in [-0.3, -0.25) is 4.79 Å². The summed E-state index contributed by atoms with van der Waals surface area (Å²) in [6.45, 7) is 4.15. The van der Waals surface area contributed by atoms with E-state index < -0.39 is 10.2 Å². The third-order valence-electron chi connectivity index (χ3n) is 6.75. The van der Waals surface area contributed by atoms with Gasteiger partial charge in [0.05, 0.1) is 0 Å². The molecule has 0 unspecified atom stereocenters. The topological polar surface area (TPSA) is 99.0 Å². The maximum atomic E-state index is 13.2. The summed E-state index contributed by atoms with van der Waals surface area (Å²) in [7, 11) is 0.246. The number of hydrogen-bond donors (Lipinski definition) is 1. The van der Waals surface area contributed by atoms with Gasteiger partial charge >= 0.3 is 0 Å². The van der Waals surface area contributed by atoms with E-state index in [1.807, 2.05) is 6.92 Å². The molecule has 2 aliphatic heterocycles. The molecule has 3 aliphatic rings. The summed E-state index contributed by atoms with van der Waals surface area (Å²) in [6.07, 6.45) is 5.06. The van der Waals surface area contributed by atoms with Crippen molar-refractivity contribution in [3.05, 3.63) is 17.5 Å². The highest BCUT2D eigenvalue weighted by Gasteiger charge is 2.39. The van der Waals surface area contributed by atoms with Crippen LogP contribution in [0.15, 0.2) is 10.6 Å². The number of aromatic nitrogens is 1. The Kier molecular flexibility index (Phi) is 6.20. The minimum Gasteiger partial charge on any atom is -0.360 e. The predicted molar refractivity (Wildman–Crippen MR) is 112 cm³/mol. The van der Waals surface area contributed by atoms with E-state index in [-0.39, 0.29) is 24.0 Å². The van der Waals surface area contributed by atoms with Crippen molar-refractivity contribution >= 4 is 16.1 Å². The van der Waals surface area contributed by atoms with Gasteiger partial charge in [-0.05, 0) is 65.6 Å². The van der Waals surface area contributed by atoms with Crippen molar-refractivity contribution in [2.75, 3.05) is 33.7 Å². The minimum absolute atomic E-state index is 0.0451. The van der Waals surface area contributed by atoms with E-state index >= 15 is 0 Å². The number of piperidine rings is 2. The fourth-order valence-electron chi connectivity index (χ4n) is 4.55. The number of amides is 1. The maximum Gasteiger partial charge on any atom is 0.282 e. The molecular formula is C20H33N5O4S. The summed E-state index contributed by atoms with van der Waals surface area (Å²) >= 11 is 0. The first-order chi connectivity index (χ1) is 14.3. The zero-order chi connectivity index (χ0) is 21.5. The van der Waals surface area contributed by atoms with Crippen LogP contribution < -0.4 is 5.32 Å². The zero-order valence-electron chi connectivity index (χ0n) is 18.1. The number of rotatable bonds is 6. The van der Waals surface area contributed by atoms with E-state index in [2.05, 4.69) is 22.4 Å². The number of nitrogens with zero attached hydrogens (tertiary/aromatic N) is 4. The normalized spacial score (nSPS) is 27.5. The first-order valence-electron chi connectivity index (χ1n) is 11.0. The SMILES string of the molecule is C[C@H]1C[C@@H](NC(=O)c2cc(C3CC3)on2)CCN1S(=O)(=O)N(C)C1CCN(C)CC1. The fourth-order valence-corrected chi connectivity index (χ4v) is 6.35. The second kappa shape index (κ2) is 8.57. The van der Waals surface area contributed by atoms with Gasteiger partial charge in [0.25, 0.3) is 16.1 Å². The highest BCUT2D eigenvalue weighted by molar-refractivity contribution is 7.86. The summed E-state index contributed by atoms with van der Waals surface area (Å²) in [5, 5.41) is 6.90.